The van der Waals surface area contributed by atoms with Crippen LogP contribution in [0, 0.1) is 63.7 Å². The molecular formula is C70H97Cl2N6O9P. The van der Waals surface area contributed by atoms with Gasteiger partial charge in [-0.3, -0.25) is 43.7 Å². The second-order valence-electron chi connectivity index (χ2n) is 27.7. The SMILES string of the molecule is [C-]#[N+]C1=C(C)/C(=C/C=C/C=C/C2C(C)=C(C#N)C(=O)N(c3cc(C(=O)NCCC(=O)OC(CCC(C)CC(C)(C)C)C(C)CC(C)(C)C)ccc3Cl)C2O)C(=O)N(c2cc(CPNCCC(=O)OC(CCC(C)CC)C(C)CC(C)(C)C)ccc2Cl)C1=O. The number of benzene rings is 2. The van der Waals surface area contributed by atoms with Crippen LogP contribution in [0.15, 0.2) is 94.8 Å². The van der Waals surface area contributed by atoms with E-state index in [0.29, 0.717) is 24.5 Å². The molecule has 0 spiro atoms. The van der Waals surface area contributed by atoms with Crippen LogP contribution in [-0.4, -0.2) is 72.2 Å². The van der Waals surface area contributed by atoms with Gasteiger partial charge in [-0.25, -0.2) is 4.85 Å². The number of amides is 4. The summed E-state index contributed by atoms with van der Waals surface area (Å²) in [4.78, 5) is 87.4. The predicted octanol–water partition coefficient (Wildman–Crippen LogP) is 15.8. The number of esters is 2. The highest BCUT2D eigenvalue weighted by Gasteiger charge is 2.41. The molecule has 2 aromatic carbocycles. The lowest BCUT2D eigenvalue weighted by Gasteiger charge is -2.37. The molecule has 88 heavy (non-hydrogen) atoms. The highest BCUT2D eigenvalue weighted by molar-refractivity contribution is 7.34. The maximum Gasteiger partial charge on any atom is 0.307 e. The smallest absolute Gasteiger partial charge is 0.307 e. The predicted molar refractivity (Wildman–Crippen MR) is 355 cm³/mol. The van der Waals surface area contributed by atoms with Gasteiger partial charge in [-0.2, -0.15) is 5.26 Å². The van der Waals surface area contributed by atoms with Gasteiger partial charge in [0.05, 0.1) is 40.8 Å². The minimum absolute atomic E-state index is 0.0202. The quantitative estimate of drug-likeness (QED) is 0.0133. The van der Waals surface area contributed by atoms with Crippen molar-refractivity contribution in [1.29, 1.82) is 5.26 Å². The third kappa shape index (κ3) is 22.5. The molecule has 9 unspecified atom stereocenters. The lowest BCUT2D eigenvalue weighted by atomic mass is 9.80. The number of nitrogens with one attached hydrogen (secondary N) is 2. The summed E-state index contributed by atoms with van der Waals surface area (Å²) in [7, 11) is 0.184. The van der Waals surface area contributed by atoms with Crippen LogP contribution < -0.4 is 20.2 Å². The molecule has 0 fully saturated rings. The molecule has 3 N–H and O–H groups in total. The number of hydrogen-bond donors (Lipinski definition) is 3. The number of carbonyl (C=O) groups excluding carboxylic acids is 6. The Labute approximate surface area is 536 Å². The fraction of sp³-hybridized carbons (Fsp3) is 0.571. The Morgan fingerprint density at radius 2 is 1.32 bits per heavy atom. The average Bonchev–Trinajstić information content (AvgIpc) is 0.824. The molecule has 0 radical (unpaired) electrons. The average molecular weight is 1270 g/mol. The lowest BCUT2D eigenvalue weighted by molar-refractivity contribution is -0.153. The summed E-state index contributed by atoms with van der Waals surface area (Å²) in [5, 5.41) is 28.3. The van der Waals surface area contributed by atoms with Crippen LogP contribution in [0.2, 0.25) is 10.0 Å². The number of rotatable bonds is 29. The van der Waals surface area contributed by atoms with E-state index < -0.39 is 41.7 Å². The van der Waals surface area contributed by atoms with Crippen molar-refractivity contribution < 1.29 is 43.3 Å². The van der Waals surface area contributed by atoms with E-state index in [0.717, 1.165) is 66.7 Å². The molecule has 4 rings (SSSR count). The molecule has 0 saturated heterocycles. The number of aliphatic hydroxyl groups is 1. The number of imide groups is 1. The van der Waals surface area contributed by atoms with Gasteiger partial charge >= 0.3 is 11.9 Å². The van der Waals surface area contributed by atoms with Crippen molar-refractivity contribution in [3.05, 3.63) is 127 Å². The van der Waals surface area contributed by atoms with Crippen molar-refractivity contribution in [2.45, 2.75) is 200 Å². The molecular weight excluding hydrogens is 1170 g/mol. The van der Waals surface area contributed by atoms with Gasteiger partial charge in [0.15, 0.2) is 0 Å². The van der Waals surface area contributed by atoms with E-state index in [4.69, 9.17) is 39.2 Å². The number of hydrogen-bond acceptors (Lipinski definition) is 11. The highest BCUT2D eigenvalue weighted by atomic mass is 35.5. The monoisotopic (exact) mass is 1270 g/mol. The van der Waals surface area contributed by atoms with Crippen LogP contribution in [0.5, 0.6) is 0 Å². The van der Waals surface area contributed by atoms with Gasteiger partial charge in [0.2, 0.25) is 0 Å². The summed E-state index contributed by atoms with van der Waals surface area (Å²) in [6.45, 7) is 42.0. The summed E-state index contributed by atoms with van der Waals surface area (Å²) >= 11 is 13.4. The second kappa shape index (κ2) is 33.8. The zero-order chi connectivity index (χ0) is 66.0. The molecule has 15 nitrogen and oxygen atoms in total. The van der Waals surface area contributed by atoms with Crippen LogP contribution in [0.4, 0.5) is 11.4 Å². The number of nitriles is 1. The van der Waals surface area contributed by atoms with Crippen LogP contribution in [0.25, 0.3) is 4.85 Å². The van der Waals surface area contributed by atoms with Gasteiger partial charge in [-0.15, -0.1) is 0 Å². The molecule has 2 aliphatic heterocycles. The molecule has 0 aliphatic carbocycles. The van der Waals surface area contributed by atoms with Crippen LogP contribution in [0.1, 0.15) is 191 Å². The van der Waals surface area contributed by atoms with E-state index in [1.54, 1.807) is 43.4 Å². The van der Waals surface area contributed by atoms with E-state index >= 15 is 0 Å². The standard InChI is InChI=1S/C70H97Cl2N6O9P/c1-18-43(2)24-30-58(45(4)39-69(11,12)13)87-61(80)33-35-76-88-42-49-26-28-54(71)56(36-49)78-65(83)52(48(7)62(74-17)67(78)85)23-21-19-20-22-51-47(6)53(41-73)66(84)77(64(51)82)57-37-50(27-29-55(57)72)63(81)75-34-32-60(79)86-59(46(5)40-70(14,15)16)31-25-44(3)38-68(8,9)10/h19-23,26-29,36-37,43-46,51,58-59,64,76,82,88H,18,24-25,30-35,38-40,42H2,1-16H3,(H,75,81)/b21-19+,22-20+,52-23-. The Hall–Kier alpha value is -5.93. The minimum atomic E-state index is -1.59. The molecule has 480 valence electrons. The van der Waals surface area contributed by atoms with Crippen molar-refractivity contribution in [2.75, 3.05) is 22.9 Å². The number of aliphatic hydroxyl groups excluding tert-OH is 1. The third-order valence-corrected chi connectivity index (χ3v) is 17.7. The first kappa shape index (κ1) is 74.5. The van der Waals surface area contributed by atoms with E-state index in [1.165, 1.54) is 37.3 Å². The summed E-state index contributed by atoms with van der Waals surface area (Å²) in [5.41, 5.74) is 1.25. The molecule has 2 aliphatic rings. The number of anilines is 2. The molecule has 0 saturated carbocycles. The van der Waals surface area contributed by atoms with Gasteiger partial charge < -0.3 is 19.9 Å². The molecule has 0 bridgehead atoms. The normalized spacial score (nSPS) is 18.9. The molecule has 0 aromatic heterocycles. The first-order valence-corrected chi connectivity index (χ1v) is 32.9. The number of carbonyl (C=O) groups is 6. The topological polar surface area (TPSA) is 200 Å². The second-order valence-corrected chi connectivity index (χ2v) is 29.6. The Morgan fingerprint density at radius 1 is 0.761 bits per heavy atom. The van der Waals surface area contributed by atoms with Crippen molar-refractivity contribution in [3.63, 3.8) is 0 Å². The summed E-state index contributed by atoms with van der Waals surface area (Å²) in [6.07, 6.45) is 13.7. The minimum Gasteiger partial charge on any atom is -0.462 e. The first-order chi connectivity index (χ1) is 41.1. The van der Waals surface area contributed by atoms with E-state index in [1.807, 2.05) is 6.07 Å². The molecule has 18 heteroatoms. The van der Waals surface area contributed by atoms with Crippen LogP contribution in [0.3, 0.4) is 0 Å². The number of nitrogens with zero attached hydrogens (tertiary/aromatic N) is 4. The van der Waals surface area contributed by atoms with Gasteiger partial charge in [-0.1, -0.05) is 163 Å². The Bertz CT molecular complexity index is 3080. The van der Waals surface area contributed by atoms with Crippen LogP contribution in [-0.2, 0) is 39.6 Å². The molecule has 9 atom stereocenters. The van der Waals surface area contributed by atoms with Gasteiger partial charge in [0.25, 0.3) is 29.3 Å². The summed E-state index contributed by atoms with van der Waals surface area (Å²) < 4.78 is 12.2. The Morgan fingerprint density at radius 3 is 1.88 bits per heavy atom. The van der Waals surface area contributed by atoms with Crippen molar-refractivity contribution >= 4 is 78.9 Å². The van der Waals surface area contributed by atoms with Crippen molar-refractivity contribution in [3.8, 4) is 6.07 Å². The van der Waals surface area contributed by atoms with Crippen LogP contribution >= 0.6 is 31.9 Å². The van der Waals surface area contributed by atoms with E-state index in [-0.39, 0.29) is 129 Å². The number of allylic oxidation sites excluding steroid dienone is 4. The van der Waals surface area contributed by atoms with E-state index in [9.17, 15) is 39.1 Å². The van der Waals surface area contributed by atoms with Crippen molar-refractivity contribution in [1.82, 2.24) is 10.4 Å². The zero-order valence-electron chi connectivity index (χ0n) is 54.9. The maximum atomic E-state index is 14.3. The van der Waals surface area contributed by atoms with Gasteiger partial charge in [0, 0.05) is 36.3 Å². The third-order valence-electron chi connectivity index (χ3n) is 16.0. The first-order valence-electron chi connectivity index (χ1n) is 31.0. The molecule has 2 aromatic rings. The zero-order valence-corrected chi connectivity index (χ0v) is 57.4. The van der Waals surface area contributed by atoms with Gasteiger partial charge in [-0.05, 0) is 154 Å². The highest BCUT2D eigenvalue weighted by Crippen LogP contribution is 2.40. The Balaban J connectivity index is 1.45. The Kier molecular flexibility index (Phi) is 28.6. The molecule has 2 heterocycles. The summed E-state index contributed by atoms with van der Waals surface area (Å²) in [5.74, 6) is -3.19. The maximum absolute atomic E-state index is 14.3. The van der Waals surface area contributed by atoms with Gasteiger partial charge in [0.1, 0.15) is 30.1 Å². The fourth-order valence-corrected chi connectivity index (χ4v) is 12.9. The molecule has 4 amide bonds. The lowest BCUT2D eigenvalue weighted by Crippen LogP contribution is -2.49. The van der Waals surface area contributed by atoms with E-state index in [2.05, 4.69) is 112 Å². The fourth-order valence-electron chi connectivity index (χ4n) is 11.6. The summed E-state index contributed by atoms with van der Waals surface area (Å²) in [6, 6.07) is 11.2. The number of halogens is 2. The number of ether oxygens (including phenoxy) is 2. The largest absolute Gasteiger partial charge is 0.462 e. The van der Waals surface area contributed by atoms with Crippen molar-refractivity contribution in [2.24, 2.45) is 45.8 Å².